The van der Waals surface area contributed by atoms with E-state index in [0.29, 0.717) is 6.42 Å². The number of carbonyl (C=O) groups excluding carboxylic acids is 1. The van der Waals surface area contributed by atoms with Gasteiger partial charge in [0.1, 0.15) is 11.8 Å². The second kappa shape index (κ2) is 8.15. The van der Waals surface area contributed by atoms with Crippen LogP contribution in [0.2, 0.25) is 0 Å². The van der Waals surface area contributed by atoms with Gasteiger partial charge in [0.2, 0.25) is 0 Å². The molecule has 0 saturated carbocycles. The molecule has 0 spiro atoms. The fourth-order valence-corrected chi connectivity index (χ4v) is 2.97. The summed E-state index contributed by atoms with van der Waals surface area (Å²) < 4.78 is 36.4. The monoisotopic (exact) mass is 317 g/mol. The molecular formula is C14H21FNO4P. The zero-order valence-corrected chi connectivity index (χ0v) is 13.3. The highest BCUT2D eigenvalue weighted by Crippen LogP contribution is 2.48. The lowest BCUT2D eigenvalue weighted by molar-refractivity contribution is -0.145. The fraction of sp³-hybridized carbons (Fsp3) is 0.500. The van der Waals surface area contributed by atoms with Crippen molar-refractivity contribution in [1.82, 2.24) is 5.09 Å². The molecule has 0 radical (unpaired) electrons. The number of ether oxygens (including phenoxy) is 1. The van der Waals surface area contributed by atoms with Crippen molar-refractivity contribution in [3.63, 3.8) is 0 Å². The first-order chi connectivity index (χ1) is 9.89. The van der Waals surface area contributed by atoms with Gasteiger partial charge in [-0.15, -0.1) is 0 Å². The third-order valence-electron chi connectivity index (χ3n) is 2.63. The minimum absolute atomic E-state index is 0.264. The van der Waals surface area contributed by atoms with E-state index in [9.17, 15) is 13.8 Å². The van der Waals surface area contributed by atoms with Gasteiger partial charge < -0.3 is 9.26 Å². The molecule has 0 bridgehead atoms. The van der Waals surface area contributed by atoms with Crippen LogP contribution in [0.5, 0.6) is 5.75 Å². The molecule has 0 saturated heterocycles. The van der Waals surface area contributed by atoms with Crippen molar-refractivity contribution >= 4 is 13.5 Å². The van der Waals surface area contributed by atoms with Crippen LogP contribution in [-0.2, 0) is 14.1 Å². The van der Waals surface area contributed by atoms with Gasteiger partial charge in [0.25, 0.3) is 0 Å². The molecule has 0 aliphatic rings. The first-order valence-corrected chi connectivity index (χ1v) is 8.51. The molecule has 0 aromatic heterocycles. The van der Waals surface area contributed by atoms with E-state index in [-0.39, 0.29) is 12.4 Å². The molecule has 21 heavy (non-hydrogen) atoms. The predicted molar refractivity (Wildman–Crippen MR) is 79.1 cm³/mol. The van der Waals surface area contributed by atoms with E-state index >= 15 is 0 Å². The van der Waals surface area contributed by atoms with Crippen molar-refractivity contribution < 1.29 is 23.0 Å². The van der Waals surface area contributed by atoms with Crippen LogP contribution >= 0.6 is 7.52 Å². The van der Waals surface area contributed by atoms with Crippen molar-refractivity contribution in [3.8, 4) is 5.75 Å². The Morgan fingerprint density at radius 2 is 1.95 bits per heavy atom. The Hall–Kier alpha value is -1.39. The maximum Gasteiger partial charge on any atom is 0.350 e. The first-order valence-electron chi connectivity index (χ1n) is 6.82. The van der Waals surface area contributed by atoms with Crippen LogP contribution in [-0.4, -0.2) is 24.5 Å². The lowest BCUT2D eigenvalue weighted by atomic mass is 10.3. The van der Waals surface area contributed by atoms with Crippen molar-refractivity contribution in [2.75, 3.05) is 6.61 Å². The standard InChI is InChI=1S/C14H21FNO4P/c1-4-10-19-14(17)11(2)16-21(18,12(3)15)20-13-8-6-5-7-9-13/h5-9,11-12H,4,10H2,1-3H3,(H,16,18). The minimum Gasteiger partial charge on any atom is -0.465 e. The van der Waals surface area contributed by atoms with Gasteiger partial charge in [-0.05, 0) is 32.4 Å². The normalized spacial score (nSPS) is 16.6. The summed E-state index contributed by atoms with van der Waals surface area (Å²) >= 11 is 0. The molecule has 1 aromatic carbocycles. The molecule has 0 aliphatic carbocycles. The highest BCUT2D eigenvalue weighted by Gasteiger charge is 2.36. The molecule has 0 amide bonds. The molecule has 1 rings (SSSR count). The Morgan fingerprint density at radius 3 is 2.48 bits per heavy atom. The highest BCUT2D eigenvalue weighted by atomic mass is 31.2. The Bertz CT molecular complexity index is 495. The third-order valence-corrected chi connectivity index (χ3v) is 4.79. The van der Waals surface area contributed by atoms with Gasteiger partial charge in [-0.25, -0.2) is 9.48 Å². The van der Waals surface area contributed by atoms with Crippen LogP contribution in [0.3, 0.4) is 0 Å². The van der Waals surface area contributed by atoms with E-state index < -0.39 is 25.4 Å². The topological polar surface area (TPSA) is 64.6 Å². The van der Waals surface area contributed by atoms with Crippen molar-refractivity contribution in [2.24, 2.45) is 0 Å². The minimum atomic E-state index is -3.87. The number of esters is 1. The lowest BCUT2D eigenvalue weighted by Gasteiger charge is -2.24. The summed E-state index contributed by atoms with van der Waals surface area (Å²) in [7, 11) is -3.87. The van der Waals surface area contributed by atoms with E-state index in [1.807, 2.05) is 6.92 Å². The fourth-order valence-electron chi connectivity index (χ4n) is 1.49. The number of benzene rings is 1. The van der Waals surface area contributed by atoms with Crippen LogP contribution in [0.25, 0.3) is 0 Å². The molecule has 5 nitrogen and oxygen atoms in total. The molecular weight excluding hydrogens is 296 g/mol. The molecule has 0 aliphatic heterocycles. The summed E-state index contributed by atoms with van der Waals surface area (Å²) in [4.78, 5) is 11.7. The van der Waals surface area contributed by atoms with Gasteiger partial charge in [-0.1, -0.05) is 25.1 Å². The van der Waals surface area contributed by atoms with Gasteiger partial charge in [0, 0.05) is 0 Å². The van der Waals surface area contributed by atoms with Crippen molar-refractivity contribution in [2.45, 2.75) is 39.1 Å². The molecule has 3 atom stereocenters. The van der Waals surface area contributed by atoms with Crippen LogP contribution in [0, 0.1) is 0 Å². The summed E-state index contributed by atoms with van der Waals surface area (Å²) in [6.07, 6.45) is 0.677. The number of nitrogens with one attached hydrogen (secondary N) is 1. The van der Waals surface area contributed by atoms with E-state index in [0.717, 1.165) is 6.92 Å². The molecule has 3 unspecified atom stereocenters. The van der Waals surface area contributed by atoms with Gasteiger partial charge in [0.05, 0.1) is 6.61 Å². The summed E-state index contributed by atoms with van der Waals surface area (Å²) in [5, 5.41) is 2.43. The SMILES string of the molecule is CCCOC(=O)C(C)NP(=O)(Oc1ccccc1)C(C)F. The number of carbonyl (C=O) groups is 1. The number of alkyl halides is 1. The average molecular weight is 317 g/mol. The summed E-state index contributed by atoms with van der Waals surface area (Å²) in [6.45, 7) is 4.71. The number of para-hydroxylation sites is 1. The second-order valence-electron chi connectivity index (χ2n) is 4.59. The van der Waals surface area contributed by atoms with Crippen LogP contribution in [0.1, 0.15) is 27.2 Å². The zero-order valence-electron chi connectivity index (χ0n) is 12.4. The van der Waals surface area contributed by atoms with Crippen LogP contribution < -0.4 is 9.61 Å². The van der Waals surface area contributed by atoms with E-state index in [1.165, 1.54) is 6.92 Å². The Balaban J connectivity index is 2.77. The Morgan fingerprint density at radius 1 is 1.33 bits per heavy atom. The average Bonchev–Trinajstić information content (AvgIpc) is 2.45. The van der Waals surface area contributed by atoms with E-state index in [2.05, 4.69) is 5.09 Å². The summed E-state index contributed by atoms with van der Waals surface area (Å²) in [5.41, 5.74) is 0. The number of hydrogen-bond acceptors (Lipinski definition) is 4. The van der Waals surface area contributed by atoms with Gasteiger partial charge in [0.15, 0.2) is 5.91 Å². The quantitative estimate of drug-likeness (QED) is 0.587. The first kappa shape index (κ1) is 17.7. The largest absolute Gasteiger partial charge is 0.465 e. The van der Waals surface area contributed by atoms with E-state index in [4.69, 9.17) is 9.26 Å². The van der Waals surface area contributed by atoms with Crippen molar-refractivity contribution in [1.29, 1.82) is 0 Å². The molecule has 1 aromatic rings. The highest BCUT2D eigenvalue weighted by molar-refractivity contribution is 7.57. The maximum atomic E-state index is 13.7. The number of hydrogen-bond donors (Lipinski definition) is 1. The summed E-state index contributed by atoms with van der Waals surface area (Å²) in [6, 6.07) is 7.33. The molecule has 1 N–H and O–H groups in total. The summed E-state index contributed by atoms with van der Waals surface area (Å²) in [5.74, 6) is -2.08. The lowest BCUT2D eigenvalue weighted by Crippen LogP contribution is -2.36. The van der Waals surface area contributed by atoms with E-state index in [1.54, 1.807) is 30.3 Å². The molecule has 118 valence electrons. The zero-order chi connectivity index (χ0) is 15.9. The van der Waals surface area contributed by atoms with Crippen LogP contribution in [0.4, 0.5) is 4.39 Å². The Labute approximate surface area is 124 Å². The van der Waals surface area contributed by atoms with Crippen molar-refractivity contribution in [3.05, 3.63) is 30.3 Å². The van der Waals surface area contributed by atoms with Gasteiger partial charge in [-0.3, -0.25) is 9.36 Å². The maximum absolute atomic E-state index is 13.7. The molecule has 0 fully saturated rings. The molecule has 0 heterocycles. The Kier molecular flexibility index (Phi) is 6.85. The predicted octanol–water partition coefficient (Wildman–Crippen LogP) is 3.51. The third kappa shape index (κ3) is 5.48. The number of halogens is 1. The second-order valence-corrected chi connectivity index (χ2v) is 6.94. The smallest absolute Gasteiger partial charge is 0.350 e. The van der Waals surface area contributed by atoms with Gasteiger partial charge >= 0.3 is 13.5 Å². The number of rotatable bonds is 8. The van der Waals surface area contributed by atoms with Gasteiger partial charge in [-0.2, -0.15) is 0 Å². The molecule has 7 heteroatoms. The van der Waals surface area contributed by atoms with Crippen LogP contribution in [0.15, 0.2) is 30.3 Å².